The van der Waals surface area contributed by atoms with Crippen molar-refractivity contribution in [3.8, 4) is 0 Å². The fraction of sp³-hybridized carbons (Fsp3) is 0.471. The highest BCUT2D eigenvalue weighted by Crippen LogP contribution is 2.15. The average molecular weight is 336 g/mol. The van der Waals surface area contributed by atoms with Gasteiger partial charge in [0.2, 0.25) is 5.91 Å². The van der Waals surface area contributed by atoms with Crippen molar-refractivity contribution in [1.29, 1.82) is 0 Å². The van der Waals surface area contributed by atoms with Crippen LogP contribution in [0.3, 0.4) is 0 Å². The zero-order valence-corrected chi connectivity index (χ0v) is 14.3. The molecule has 0 saturated carbocycles. The second-order valence-electron chi connectivity index (χ2n) is 5.24. The molecule has 1 unspecified atom stereocenters. The Hall–Kier alpha value is -2.57. The normalized spacial score (nSPS) is 11.3. The molecule has 7 nitrogen and oxygen atoms in total. The summed E-state index contributed by atoms with van der Waals surface area (Å²) in [5.41, 5.74) is 1.46. The molecule has 0 saturated heterocycles. The van der Waals surface area contributed by atoms with Gasteiger partial charge in [-0.3, -0.25) is 14.4 Å². The lowest BCUT2D eigenvalue weighted by Crippen LogP contribution is -2.27. The highest BCUT2D eigenvalue weighted by atomic mass is 16.6. The van der Waals surface area contributed by atoms with Crippen LogP contribution in [0.5, 0.6) is 0 Å². The minimum absolute atomic E-state index is 0.150. The van der Waals surface area contributed by atoms with E-state index in [1.54, 1.807) is 25.1 Å². The Kier molecular flexibility index (Phi) is 8.32. The van der Waals surface area contributed by atoms with Crippen LogP contribution >= 0.6 is 0 Å². The number of anilines is 2. The summed E-state index contributed by atoms with van der Waals surface area (Å²) in [7, 11) is 0. The minimum Gasteiger partial charge on any atom is -0.466 e. The standard InChI is InChI=1S/C17H24N2O5/c1-4-17(22)24-16(8-9-23-13(3)21)11-18-14-6-5-7-15(10-14)19-12(2)20/h5-7,10,16,18H,4,8-9,11H2,1-3H3,(H,19,20). The van der Waals surface area contributed by atoms with E-state index in [-0.39, 0.29) is 30.9 Å². The second kappa shape index (κ2) is 10.3. The maximum absolute atomic E-state index is 11.5. The lowest BCUT2D eigenvalue weighted by Gasteiger charge is -2.19. The summed E-state index contributed by atoms with van der Waals surface area (Å²) in [4.78, 5) is 33.4. The van der Waals surface area contributed by atoms with Crippen LogP contribution < -0.4 is 10.6 Å². The zero-order valence-electron chi connectivity index (χ0n) is 14.3. The van der Waals surface area contributed by atoms with Crippen LogP contribution in [-0.2, 0) is 23.9 Å². The first-order chi connectivity index (χ1) is 11.4. The Balaban J connectivity index is 2.60. The van der Waals surface area contributed by atoms with Crippen molar-refractivity contribution in [3.05, 3.63) is 24.3 Å². The van der Waals surface area contributed by atoms with Crippen molar-refractivity contribution in [2.45, 2.75) is 39.7 Å². The number of esters is 2. The number of carbonyl (C=O) groups excluding carboxylic acids is 3. The summed E-state index contributed by atoms with van der Waals surface area (Å²) in [5, 5.41) is 5.86. The summed E-state index contributed by atoms with van der Waals surface area (Å²) < 4.78 is 10.2. The first-order valence-electron chi connectivity index (χ1n) is 7.85. The molecule has 0 aliphatic rings. The van der Waals surface area contributed by atoms with Crippen LogP contribution in [0, 0.1) is 0 Å². The molecule has 0 aliphatic heterocycles. The van der Waals surface area contributed by atoms with Crippen molar-refractivity contribution in [1.82, 2.24) is 0 Å². The number of benzene rings is 1. The van der Waals surface area contributed by atoms with Crippen LogP contribution in [0.2, 0.25) is 0 Å². The van der Waals surface area contributed by atoms with Gasteiger partial charge < -0.3 is 20.1 Å². The third kappa shape index (κ3) is 8.17. The molecule has 1 aromatic carbocycles. The topological polar surface area (TPSA) is 93.7 Å². The zero-order chi connectivity index (χ0) is 17.9. The number of carbonyl (C=O) groups is 3. The van der Waals surface area contributed by atoms with Gasteiger partial charge in [0.1, 0.15) is 6.10 Å². The fourth-order valence-corrected chi connectivity index (χ4v) is 1.95. The predicted octanol–water partition coefficient (Wildman–Crippen LogP) is 2.33. The predicted molar refractivity (Wildman–Crippen MR) is 90.7 cm³/mol. The molecule has 2 N–H and O–H groups in total. The number of nitrogens with one attached hydrogen (secondary N) is 2. The van der Waals surface area contributed by atoms with Crippen molar-refractivity contribution >= 4 is 29.2 Å². The number of hydrogen-bond donors (Lipinski definition) is 2. The Morgan fingerprint density at radius 3 is 2.50 bits per heavy atom. The Bertz CT molecular complexity index is 574. The van der Waals surface area contributed by atoms with E-state index in [4.69, 9.17) is 9.47 Å². The van der Waals surface area contributed by atoms with E-state index in [0.29, 0.717) is 18.7 Å². The highest BCUT2D eigenvalue weighted by molar-refractivity contribution is 5.89. The Morgan fingerprint density at radius 2 is 1.88 bits per heavy atom. The van der Waals surface area contributed by atoms with Crippen LogP contribution in [0.25, 0.3) is 0 Å². The van der Waals surface area contributed by atoms with Gasteiger partial charge in [0, 0.05) is 38.1 Å². The van der Waals surface area contributed by atoms with E-state index in [1.165, 1.54) is 13.8 Å². The molecule has 0 spiro atoms. The molecule has 0 bridgehead atoms. The largest absolute Gasteiger partial charge is 0.466 e. The van der Waals surface area contributed by atoms with Crippen molar-refractivity contribution in [2.24, 2.45) is 0 Å². The molecule has 1 amide bonds. The van der Waals surface area contributed by atoms with Gasteiger partial charge >= 0.3 is 11.9 Å². The van der Waals surface area contributed by atoms with Crippen LogP contribution in [-0.4, -0.2) is 37.1 Å². The van der Waals surface area contributed by atoms with Crippen molar-refractivity contribution in [2.75, 3.05) is 23.8 Å². The van der Waals surface area contributed by atoms with E-state index < -0.39 is 6.10 Å². The van der Waals surface area contributed by atoms with E-state index >= 15 is 0 Å². The third-order valence-corrected chi connectivity index (χ3v) is 3.05. The Morgan fingerprint density at radius 1 is 1.17 bits per heavy atom. The molecule has 0 aliphatic carbocycles. The van der Waals surface area contributed by atoms with E-state index in [2.05, 4.69) is 10.6 Å². The maximum Gasteiger partial charge on any atom is 0.305 e. The van der Waals surface area contributed by atoms with Crippen molar-refractivity contribution in [3.63, 3.8) is 0 Å². The molecular formula is C17H24N2O5. The smallest absolute Gasteiger partial charge is 0.305 e. The lowest BCUT2D eigenvalue weighted by atomic mass is 10.2. The number of amides is 1. The van der Waals surface area contributed by atoms with Crippen LogP contribution in [0.4, 0.5) is 11.4 Å². The van der Waals surface area contributed by atoms with E-state index in [1.807, 2.05) is 6.07 Å². The summed E-state index contributed by atoms with van der Waals surface area (Å²) >= 11 is 0. The monoisotopic (exact) mass is 336 g/mol. The second-order valence-corrected chi connectivity index (χ2v) is 5.24. The SMILES string of the molecule is CCC(=O)OC(CCOC(C)=O)CNc1cccc(NC(C)=O)c1. The van der Waals surface area contributed by atoms with Gasteiger partial charge in [-0.05, 0) is 18.2 Å². The molecular weight excluding hydrogens is 312 g/mol. The summed E-state index contributed by atoms with van der Waals surface area (Å²) in [6.07, 6.45) is 0.271. The molecule has 1 rings (SSSR count). The number of ether oxygens (including phenoxy) is 2. The summed E-state index contributed by atoms with van der Waals surface area (Å²) in [6, 6.07) is 7.21. The van der Waals surface area contributed by atoms with Gasteiger partial charge in [0.05, 0.1) is 13.2 Å². The molecule has 132 valence electrons. The number of hydrogen-bond acceptors (Lipinski definition) is 6. The van der Waals surface area contributed by atoms with Crippen molar-refractivity contribution < 1.29 is 23.9 Å². The molecule has 0 heterocycles. The molecule has 0 fully saturated rings. The highest BCUT2D eigenvalue weighted by Gasteiger charge is 2.14. The van der Waals surface area contributed by atoms with Gasteiger partial charge in [-0.1, -0.05) is 13.0 Å². The maximum atomic E-state index is 11.5. The fourth-order valence-electron chi connectivity index (χ4n) is 1.95. The van der Waals surface area contributed by atoms with Crippen LogP contribution in [0.1, 0.15) is 33.6 Å². The lowest BCUT2D eigenvalue weighted by molar-refractivity contribution is -0.149. The van der Waals surface area contributed by atoms with Gasteiger partial charge in [0.15, 0.2) is 0 Å². The molecule has 1 atom stereocenters. The molecule has 0 radical (unpaired) electrons. The molecule has 7 heteroatoms. The van der Waals surface area contributed by atoms with E-state index in [9.17, 15) is 14.4 Å². The third-order valence-electron chi connectivity index (χ3n) is 3.05. The summed E-state index contributed by atoms with van der Waals surface area (Å²) in [6.45, 7) is 5.05. The molecule has 0 aromatic heterocycles. The van der Waals surface area contributed by atoms with Gasteiger partial charge in [-0.2, -0.15) is 0 Å². The summed E-state index contributed by atoms with van der Waals surface area (Å²) in [5.74, 6) is -0.827. The van der Waals surface area contributed by atoms with E-state index in [0.717, 1.165) is 5.69 Å². The van der Waals surface area contributed by atoms with Gasteiger partial charge in [0.25, 0.3) is 0 Å². The van der Waals surface area contributed by atoms with Gasteiger partial charge in [-0.15, -0.1) is 0 Å². The average Bonchev–Trinajstić information content (AvgIpc) is 2.51. The minimum atomic E-state index is -0.416. The quantitative estimate of drug-likeness (QED) is 0.672. The Labute approximate surface area is 141 Å². The van der Waals surface area contributed by atoms with Crippen LogP contribution in [0.15, 0.2) is 24.3 Å². The van der Waals surface area contributed by atoms with Gasteiger partial charge in [-0.25, -0.2) is 0 Å². The first kappa shape index (κ1) is 19.5. The first-order valence-corrected chi connectivity index (χ1v) is 7.85. The number of rotatable bonds is 9. The molecule has 1 aromatic rings. The molecule has 24 heavy (non-hydrogen) atoms.